The van der Waals surface area contributed by atoms with E-state index in [-0.39, 0.29) is 30.9 Å². The van der Waals surface area contributed by atoms with Gasteiger partial charge in [-0.25, -0.2) is 14.8 Å². The molecule has 0 saturated carbocycles. The summed E-state index contributed by atoms with van der Waals surface area (Å²) in [5.74, 6) is 0.671. The monoisotopic (exact) mass is 363 g/mol. The van der Waals surface area contributed by atoms with Gasteiger partial charge in [0.15, 0.2) is 0 Å². The van der Waals surface area contributed by atoms with Gasteiger partial charge >= 0.3 is 12.1 Å². The van der Waals surface area contributed by atoms with E-state index in [0.29, 0.717) is 30.4 Å². The summed E-state index contributed by atoms with van der Waals surface area (Å²) < 4.78 is 16.1. The predicted molar refractivity (Wildman–Crippen MR) is 88.0 cm³/mol. The predicted octanol–water partition coefficient (Wildman–Crippen LogP) is 1.76. The first kappa shape index (κ1) is 18.1. The maximum absolute atomic E-state index is 11.9. The molecule has 10 heteroatoms. The van der Waals surface area contributed by atoms with E-state index in [1.54, 1.807) is 4.90 Å². The van der Waals surface area contributed by atoms with Crippen LogP contribution in [0.3, 0.4) is 0 Å². The van der Waals surface area contributed by atoms with Crippen molar-refractivity contribution in [1.82, 2.24) is 25.0 Å². The molecule has 1 N–H and O–H groups in total. The van der Waals surface area contributed by atoms with Crippen LogP contribution in [0.25, 0.3) is 11.4 Å². The van der Waals surface area contributed by atoms with Crippen molar-refractivity contribution in [2.75, 3.05) is 13.1 Å². The summed E-state index contributed by atoms with van der Waals surface area (Å²) in [6, 6.07) is -0.315. The number of nitrogens with zero attached hydrogens (tertiary/aromatic N) is 5. The highest BCUT2D eigenvalue weighted by Gasteiger charge is 2.25. The molecule has 0 aromatic carbocycles. The fourth-order valence-corrected chi connectivity index (χ4v) is 2.54. The van der Waals surface area contributed by atoms with Crippen molar-refractivity contribution < 1.29 is 23.9 Å². The summed E-state index contributed by atoms with van der Waals surface area (Å²) in [6.45, 7) is 5.03. The Morgan fingerprint density at radius 3 is 2.69 bits per heavy atom. The Morgan fingerprint density at radius 1 is 1.35 bits per heavy atom. The van der Waals surface area contributed by atoms with Gasteiger partial charge in [-0.05, 0) is 26.7 Å². The molecule has 10 nitrogen and oxygen atoms in total. The molecule has 1 aliphatic heterocycles. The molecule has 0 bridgehead atoms. The average Bonchev–Trinajstić information content (AvgIpc) is 3.09. The summed E-state index contributed by atoms with van der Waals surface area (Å²) in [4.78, 5) is 25.1. The van der Waals surface area contributed by atoms with E-state index in [2.05, 4.69) is 20.1 Å². The molecule has 2 aromatic rings. The zero-order valence-electron chi connectivity index (χ0n) is 14.7. The fraction of sp³-hybridized carbons (Fsp3) is 0.562. The van der Waals surface area contributed by atoms with Gasteiger partial charge in [-0.1, -0.05) is 5.16 Å². The molecule has 140 valence electrons. The lowest BCUT2D eigenvalue weighted by atomic mass is 10.1. The number of likely N-dealkylation sites (tertiary alicyclic amines) is 1. The van der Waals surface area contributed by atoms with Crippen LogP contribution < -0.4 is 0 Å². The van der Waals surface area contributed by atoms with Gasteiger partial charge < -0.3 is 24.0 Å². The number of aromatic nitrogens is 4. The third-order valence-electron chi connectivity index (χ3n) is 3.84. The van der Waals surface area contributed by atoms with Crippen molar-refractivity contribution in [3.8, 4) is 17.4 Å². The average molecular weight is 363 g/mol. The van der Waals surface area contributed by atoms with Gasteiger partial charge in [0.25, 0.3) is 5.89 Å². The first-order chi connectivity index (χ1) is 12.5. The minimum atomic E-state index is -0.315. The molecule has 1 aliphatic rings. The molecule has 3 rings (SSSR count). The molecule has 0 radical (unpaired) electrons. The van der Waals surface area contributed by atoms with Gasteiger partial charge in [-0.2, -0.15) is 4.98 Å². The molecule has 0 aliphatic carbocycles. The molecule has 0 spiro atoms. The topological polar surface area (TPSA) is 124 Å². The van der Waals surface area contributed by atoms with Gasteiger partial charge in [-0.3, -0.25) is 0 Å². The number of rotatable bonds is 5. The Kier molecular flexibility index (Phi) is 5.61. The highest BCUT2D eigenvalue weighted by molar-refractivity contribution is 5.67. The highest BCUT2D eigenvalue weighted by atomic mass is 16.6. The maximum Gasteiger partial charge on any atom is 0.410 e. The number of hydrogen-bond donors (Lipinski definition) is 1. The number of aromatic hydroxyl groups is 1. The minimum absolute atomic E-state index is 0.0189. The van der Waals surface area contributed by atoms with Crippen molar-refractivity contribution >= 4 is 6.09 Å². The number of ether oxygens (including phenoxy) is 2. The van der Waals surface area contributed by atoms with E-state index in [1.165, 1.54) is 12.4 Å². The Bertz CT molecular complexity index is 725. The smallest absolute Gasteiger partial charge is 0.410 e. The van der Waals surface area contributed by atoms with Gasteiger partial charge in [0.2, 0.25) is 5.82 Å². The molecule has 2 aromatic heterocycles. The van der Waals surface area contributed by atoms with E-state index >= 15 is 0 Å². The van der Waals surface area contributed by atoms with E-state index < -0.39 is 0 Å². The number of carbonyl (C=O) groups is 1. The van der Waals surface area contributed by atoms with E-state index in [0.717, 1.165) is 12.8 Å². The van der Waals surface area contributed by atoms with Crippen LogP contribution in [0.1, 0.15) is 32.6 Å². The van der Waals surface area contributed by atoms with E-state index in [4.69, 9.17) is 19.1 Å². The number of amides is 1. The van der Waals surface area contributed by atoms with Gasteiger partial charge in [0.1, 0.15) is 6.61 Å². The zero-order valence-corrected chi connectivity index (χ0v) is 14.7. The summed E-state index contributed by atoms with van der Waals surface area (Å²) in [5, 5.41) is 12.9. The summed E-state index contributed by atoms with van der Waals surface area (Å²) >= 11 is 0. The second-order valence-electron chi connectivity index (χ2n) is 6.21. The Hall–Kier alpha value is -2.75. The molecule has 3 heterocycles. The first-order valence-electron chi connectivity index (χ1n) is 8.42. The van der Waals surface area contributed by atoms with Crippen LogP contribution in [0, 0.1) is 0 Å². The Balaban J connectivity index is 1.46. The summed E-state index contributed by atoms with van der Waals surface area (Å²) in [6.07, 6.45) is 3.87. The van der Waals surface area contributed by atoms with Crippen LogP contribution in [0.4, 0.5) is 4.79 Å². The molecular formula is C16H21N5O5. The van der Waals surface area contributed by atoms with Crippen LogP contribution in [-0.4, -0.2) is 61.5 Å². The number of carbonyl (C=O) groups excluding carboxylic acids is 1. The molecule has 1 amide bonds. The van der Waals surface area contributed by atoms with Crippen molar-refractivity contribution in [3.05, 3.63) is 18.3 Å². The lowest BCUT2D eigenvalue weighted by Gasteiger charge is -2.31. The van der Waals surface area contributed by atoms with Crippen molar-refractivity contribution in [3.63, 3.8) is 0 Å². The van der Waals surface area contributed by atoms with E-state index in [1.807, 2.05) is 13.8 Å². The number of hydrogen-bond acceptors (Lipinski definition) is 9. The van der Waals surface area contributed by atoms with Gasteiger partial charge in [0.05, 0.1) is 17.8 Å². The fourth-order valence-electron chi connectivity index (χ4n) is 2.54. The second-order valence-corrected chi connectivity index (χ2v) is 6.21. The molecule has 26 heavy (non-hydrogen) atoms. The van der Waals surface area contributed by atoms with Crippen LogP contribution in [-0.2, 0) is 16.1 Å². The Labute approximate surface area is 150 Å². The molecule has 1 fully saturated rings. The third kappa shape index (κ3) is 4.66. The quantitative estimate of drug-likeness (QED) is 0.846. The van der Waals surface area contributed by atoms with Gasteiger partial charge in [0, 0.05) is 25.5 Å². The van der Waals surface area contributed by atoms with E-state index in [9.17, 15) is 4.79 Å². The van der Waals surface area contributed by atoms with Crippen LogP contribution in [0.5, 0.6) is 6.01 Å². The maximum atomic E-state index is 11.9. The SMILES string of the molecule is CC(C)OC(=O)N1CCC(OCc2nc(-c3cnc(O)nc3)no2)CC1. The van der Waals surface area contributed by atoms with Crippen molar-refractivity contribution in [1.29, 1.82) is 0 Å². The van der Waals surface area contributed by atoms with Crippen LogP contribution >= 0.6 is 0 Å². The van der Waals surface area contributed by atoms with Crippen molar-refractivity contribution in [2.24, 2.45) is 0 Å². The van der Waals surface area contributed by atoms with Crippen LogP contribution in [0.2, 0.25) is 0 Å². The third-order valence-corrected chi connectivity index (χ3v) is 3.84. The standard InChI is InChI=1S/C16H21N5O5/c1-10(2)25-16(23)21-5-3-12(4-6-21)24-9-13-19-14(20-26-13)11-7-17-15(22)18-8-11/h7-8,10,12H,3-6,9H2,1-2H3,(H,17,18,22). The minimum Gasteiger partial charge on any atom is -0.479 e. The summed E-state index contributed by atoms with van der Waals surface area (Å²) in [7, 11) is 0. The second kappa shape index (κ2) is 8.09. The normalized spacial score (nSPS) is 15.4. The van der Waals surface area contributed by atoms with Crippen LogP contribution in [0.15, 0.2) is 16.9 Å². The van der Waals surface area contributed by atoms with Crippen molar-refractivity contribution in [2.45, 2.75) is 45.5 Å². The number of piperidine rings is 1. The Morgan fingerprint density at radius 2 is 2.04 bits per heavy atom. The van der Waals surface area contributed by atoms with Gasteiger partial charge in [-0.15, -0.1) is 0 Å². The first-order valence-corrected chi connectivity index (χ1v) is 8.42. The molecule has 0 atom stereocenters. The zero-order chi connectivity index (χ0) is 18.5. The highest BCUT2D eigenvalue weighted by Crippen LogP contribution is 2.18. The lowest BCUT2D eigenvalue weighted by Crippen LogP contribution is -2.41. The molecule has 0 unspecified atom stereocenters. The molecule has 1 saturated heterocycles. The largest absolute Gasteiger partial charge is 0.479 e. The summed E-state index contributed by atoms with van der Waals surface area (Å²) in [5.41, 5.74) is 0.537. The lowest BCUT2D eigenvalue weighted by molar-refractivity contribution is -0.0147. The molecular weight excluding hydrogens is 342 g/mol.